The molecule has 65 heavy (non-hydrogen) atoms. The van der Waals surface area contributed by atoms with E-state index in [-0.39, 0.29) is 0 Å². The van der Waals surface area contributed by atoms with Crippen LogP contribution in [0.15, 0.2) is 213 Å². The molecule has 2 heterocycles. The molecule has 2 aromatic heterocycles. The predicted octanol–water partition coefficient (Wildman–Crippen LogP) is 15.1. The lowest BCUT2D eigenvalue weighted by Crippen LogP contribution is -2.22. The van der Waals surface area contributed by atoms with Gasteiger partial charge in [-0.15, -0.1) is 0 Å². The zero-order valence-corrected chi connectivity index (χ0v) is 35.9. The molecule has 0 fully saturated rings. The van der Waals surface area contributed by atoms with Crippen molar-refractivity contribution in [2.45, 2.75) is 13.5 Å². The average molecular weight is 834 g/mol. The second kappa shape index (κ2) is 15.4. The maximum atomic E-state index is 6.65. The number of nitrogens with zero attached hydrogens (tertiary/aromatic N) is 4. The molecule has 5 nitrogen and oxygen atoms in total. The first-order valence-electron chi connectivity index (χ1n) is 22.1. The fourth-order valence-electron chi connectivity index (χ4n) is 9.48. The zero-order chi connectivity index (χ0) is 43.6. The van der Waals surface area contributed by atoms with E-state index in [1.165, 1.54) is 49.0 Å². The van der Waals surface area contributed by atoms with Gasteiger partial charge in [-0.25, -0.2) is 9.97 Å². The number of rotatable bonds is 8. The SMILES string of the molecule is C=C(c1ccc2ccccc2c1)N(Cc1cc(-c2ccc3cc(-c4ccc5nc(-c6ccc7ccccc7c6)n6c7ccccc7nc6c5c4)ccc3c2)ccc1C)c1ccccc1N. The Balaban J connectivity index is 0.884. The van der Waals surface area contributed by atoms with E-state index in [4.69, 9.17) is 15.7 Å². The number of hydrogen-bond acceptors (Lipinski definition) is 4. The summed E-state index contributed by atoms with van der Waals surface area (Å²) in [5, 5.41) is 8.15. The normalized spacial score (nSPS) is 11.6. The Morgan fingerprint density at radius 1 is 0.508 bits per heavy atom. The number of aryl methyl sites for hydroxylation is 1. The molecule has 2 N–H and O–H groups in total. The summed E-state index contributed by atoms with van der Waals surface area (Å²) < 4.78 is 2.22. The molecule has 10 aromatic carbocycles. The number of hydrogen-bond donors (Lipinski definition) is 1. The number of nitrogens with two attached hydrogens (primary N) is 1. The Morgan fingerprint density at radius 2 is 1.06 bits per heavy atom. The average Bonchev–Trinajstić information content (AvgIpc) is 3.75. The molecule has 12 aromatic rings. The molecule has 308 valence electrons. The van der Waals surface area contributed by atoms with Crippen LogP contribution in [0.4, 0.5) is 11.4 Å². The van der Waals surface area contributed by atoms with Crippen LogP contribution in [0.5, 0.6) is 0 Å². The number of nitrogen functional groups attached to an aromatic ring is 1. The van der Waals surface area contributed by atoms with Crippen LogP contribution in [0.1, 0.15) is 16.7 Å². The number of aromatic nitrogens is 3. The van der Waals surface area contributed by atoms with Crippen molar-refractivity contribution in [3.05, 3.63) is 230 Å². The third kappa shape index (κ3) is 6.73. The summed E-state index contributed by atoms with van der Waals surface area (Å²) >= 11 is 0. The lowest BCUT2D eigenvalue weighted by atomic mass is 9.95. The monoisotopic (exact) mass is 833 g/mol. The van der Waals surface area contributed by atoms with Crippen LogP contribution in [0.3, 0.4) is 0 Å². The molecule has 0 amide bonds. The summed E-state index contributed by atoms with van der Waals surface area (Å²) in [5.74, 6) is 0.881. The third-order valence-corrected chi connectivity index (χ3v) is 13.1. The minimum absolute atomic E-state index is 0.615. The van der Waals surface area contributed by atoms with E-state index in [0.717, 1.165) is 72.6 Å². The van der Waals surface area contributed by atoms with Gasteiger partial charge in [0, 0.05) is 23.2 Å². The Hall–Kier alpha value is -8.54. The number of para-hydroxylation sites is 4. The molecule has 0 radical (unpaired) electrons. The molecule has 0 spiro atoms. The van der Waals surface area contributed by atoms with Gasteiger partial charge < -0.3 is 10.6 Å². The Labute approximate surface area is 377 Å². The summed E-state index contributed by atoms with van der Waals surface area (Å²) in [5.41, 5.74) is 22.1. The van der Waals surface area contributed by atoms with Gasteiger partial charge in [-0.1, -0.05) is 146 Å². The van der Waals surface area contributed by atoms with Gasteiger partial charge in [0.2, 0.25) is 0 Å². The zero-order valence-electron chi connectivity index (χ0n) is 35.9. The standard InChI is InChI=1S/C60H43N5/c1-38-19-20-45(35-52(38)37-64(57-17-9-7-15-54(57)61)39(2)42-23-21-40-11-3-5-13-43(40)31-42)46-24-25-48-33-49(27-26-47(48)32-46)50-29-30-55-53(36-50)60-63-56-16-8-10-18-58(56)65(60)59(62-55)51-28-22-41-12-4-6-14-44(41)34-51/h3-36H,2,37,61H2,1H3. The van der Waals surface area contributed by atoms with Crippen LogP contribution in [0.2, 0.25) is 0 Å². The van der Waals surface area contributed by atoms with E-state index < -0.39 is 0 Å². The fraction of sp³-hybridized carbons (Fsp3) is 0.0333. The van der Waals surface area contributed by atoms with Crippen LogP contribution in [0, 0.1) is 6.92 Å². The van der Waals surface area contributed by atoms with Gasteiger partial charge in [0.05, 0.1) is 27.9 Å². The quantitative estimate of drug-likeness (QED) is 0.155. The van der Waals surface area contributed by atoms with Gasteiger partial charge in [0.1, 0.15) is 11.5 Å². The van der Waals surface area contributed by atoms with E-state index in [2.05, 4.69) is 205 Å². The lowest BCUT2D eigenvalue weighted by molar-refractivity contribution is 0.974. The van der Waals surface area contributed by atoms with Crippen molar-refractivity contribution in [1.82, 2.24) is 14.4 Å². The van der Waals surface area contributed by atoms with Crippen molar-refractivity contribution in [3.63, 3.8) is 0 Å². The van der Waals surface area contributed by atoms with Gasteiger partial charge in [-0.3, -0.25) is 4.40 Å². The molecule has 0 saturated carbocycles. The van der Waals surface area contributed by atoms with Crippen molar-refractivity contribution in [2.75, 3.05) is 10.6 Å². The molecular formula is C60H43N5. The van der Waals surface area contributed by atoms with Crippen LogP contribution >= 0.6 is 0 Å². The maximum Gasteiger partial charge on any atom is 0.149 e. The number of fused-ring (bicyclic) bond motifs is 8. The highest BCUT2D eigenvalue weighted by molar-refractivity contribution is 6.02. The molecule has 0 bridgehead atoms. The van der Waals surface area contributed by atoms with Crippen molar-refractivity contribution in [2.24, 2.45) is 0 Å². The topological polar surface area (TPSA) is 59.5 Å². The van der Waals surface area contributed by atoms with Crippen LogP contribution in [0.25, 0.3) is 99.2 Å². The molecule has 0 aliphatic heterocycles. The summed E-state index contributed by atoms with van der Waals surface area (Å²) in [6.07, 6.45) is 0. The molecule has 0 unspecified atom stereocenters. The molecule has 0 saturated heterocycles. The first kappa shape index (κ1) is 38.2. The minimum atomic E-state index is 0.615. The second-order valence-electron chi connectivity index (χ2n) is 17.1. The van der Waals surface area contributed by atoms with E-state index >= 15 is 0 Å². The predicted molar refractivity (Wildman–Crippen MR) is 274 cm³/mol. The first-order valence-corrected chi connectivity index (χ1v) is 22.1. The van der Waals surface area contributed by atoms with Crippen molar-refractivity contribution >= 4 is 77.0 Å². The number of benzene rings is 10. The second-order valence-corrected chi connectivity index (χ2v) is 17.1. The molecule has 5 heteroatoms. The van der Waals surface area contributed by atoms with Gasteiger partial charge in [-0.2, -0.15) is 0 Å². The number of imidazole rings is 1. The van der Waals surface area contributed by atoms with Crippen LogP contribution < -0.4 is 10.6 Å². The minimum Gasteiger partial charge on any atom is -0.397 e. The van der Waals surface area contributed by atoms with Gasteiger partial charge in [0.15, 0.2) is 0 Å². The molecule has 0 atom stereocenters. The molecule has 0 aliphatic rings. The molecule has 12 rings (SSSR count). The first-order chi connectivity index (χ1) is 31.9. The lowest BCUT2D eigenvalue weighted by Gasteiger charge is -2.29. The van der Waals surface area contributed by atoms with Crippen molar-refractivity contribution in [3.8, 4) is 33.6 Å². The van der Waals surface area contributed by atoms with E-state index in [9.17, 15) is 0 Å². The highest BCUT2D eigenvalue weighted by Crippen LogP contribution is 2.37. The Morgan fingerprint density at radius 3 is 1.83 bits per heavy atom. The summed E-state index contributed by atoms with van der Waals surface area (Å²) in [6.45, 7) is 7.44. The summed E-state index contributed by atoms with van der Waals surface area (Å²) in [6, 6.07) is 73.3. The van der Waals surface area contributed by atoms with E-state index in [1.54, 1.807) is 0 Å². The van der Waals surface area contributed by atoms with Gasteiger partial charge in [0.25, 0.3) is 0 Å². The largest absolute Gasteiger partial charge is 0.397 e. The van der Waals surface area contributed by atoms with Crippen LogP contribution in [-0.4, -0.2) is 14.4 Å². The summed E-state index contributed by atoms with van der Waals surface area (Å²) in [7, 11) is 0. The van der Waals surface area contributed by atoms with E-state index in [1.807, 2.05) is 24.3 Å². The molecular weight excluding hydrogens is 791 g/mol. The van der Waals surface area contributed by atoms with Crippen LogP contribution in [-0.2, 0) is 6.54 Å². The molecule has 0 aliphatic carbocycles. The third-order valence-electron chi connectivity index (χ3n) is 13.1. The van der Waals surface area contributed by atoms with Crippen molar-refractivity contribution in [1.29, 1.82) is 0 Å². The highest BCUT2D eigenvalue weighted by atomic mass is 15.1. The maximum absolute atomic E-state index is 6.65. The van der Waals surface area contributed by atoms with E-state index in [0.29, 0.717) is 12.2 Å². The number of anilines is 2. The van der Waals surface area contributed by atoms with Crippen molar-refractivity contribution < 1.29 is 0 Å². The fourth-order valence-corrected chi connectivity index (χ4v) is 9.48. The Bertz CT molecular complexity index is 3880. The highest BCUT2D eigenvalue weighted by Gasteiger charge is 2.19. The summed E-state index contributed by atoms with van der Waals surface area (Å²) in [4.78, 5) is 12.8. The Kier molecular flexibility index (Phi) is 9.02. The van der Waals surface area contributed by atoms with Gasteiger partial charge >= 0.3 is 0 Å². The van der Waals surface area contributed by atoms with Gasteiger partial charge in [-0.05, 0) is 145 Å². The smallest absolute Gasteiger partial charge is 0.149 e.